The van der Waals surface area contributed by atoms with Crippen LogP contribution in [0.2, 0.25) is 0 Å². The van der Waals surface area contributed by atoms with E-state index in [2.05, 4.69) is 24.9 Å². The number of methoxy groups -OCH3 is 1. The fourth-order valence-electron chi connectivity index (χ4n) is 2.86. The maximum Gasteiger partial charge on any atom is 0.338 e. The SMILES string of the molecule is COC1COCC[N+]1(Cc1ncncn1)OC.O=C(n1ccnc1)n1ccnc1. The number of hydrogen-bond acceptors (Lipinski definition) is 9. The lowest BCUT2D eigenvalue weighted by Crippen LogP contribution is -2.61. The van der Waals surface area contributed by atoms with E-state index in [9.17, 15) is 4.79 Å². The Morgan fingerprint density at radius 2 is 1.79 bits per heavy atom. The second-order valence-electron chi connectivity index (χ2n) is 6.06. The van der Waals surface area contributed by atoms with Gasteiger partial charge in [-0.3, -0.25) is 9.13 Å². The van der Waals surface area contributed by atoms with Gasteiger partial charge < -0.3 is 9.47 Å². The molecule has 3 aromatic heterocycles. The lowest BCUT2D eigenvalue weighted by atomic mass is 10.3. The molecule has 4 heterocycles. The number of hydrogen-bond donors (Lipinski definition) is 0. The molecule has 29 heavy (non-hydrogen) atoms. The molecule has 0 spiro atoms. The molecular formula is C17H23N8O4+. The molecule has 0 aliphatic carbocycles. The molecule has 2 atom stereocenters. The minimum absolute atomic E-state index is 0.162. The maximum absolute atomic E-state index is 11.4. The molecule has 2 unspecified atom stereocenters. The summed E-state index contributed by atoms with van der Waals surface area (Å²) in [4.78, 5) is 36.6. The number of carbonyl (C=O) groups is 1. The lowest BCUT2D eigenvalue weighted by Gasteiger charge is -2.41. The molecule has 0 amide bonds. The van der Waals surface area contributed by atoms with Crippen molar-refractivity contribution in [2.45, 2.75) is 12.8 Å². The molecule has 1 saturated heterocycles. The van der Waals surface area contributed by atoms with Gasteiger partial charge in [0.1, 0.15) is 38.5 Å². The highest BCUT2D eigenvalue weighted by molar-refractivity contribution is 5.78. The number of aromatic nitrogens is 7. The fraction of sp³-hybridized carbons (Fsp3) is 0.412. The predicted molar refractivity (Wildman–Crippen MR) is 97.9 cm³/mol. The molecule has 1 aliphatic rings. The smallest absolute Gasteiger partial charge is 0.338 e. The predicted octanol–water partition coefficient (Wildman–Crippen LogP) is 0.349. The first-order valence-corrected chi connectivity index (χ1v) is 8.83. The van der Waals surface area contributed by atoms with Crippen molar-refractivity contribution in [1.29, 1.82) is 0 Å². The van der Waals surface area contributed by atoms with Crippen LogP contribution in [0.25, 0.3) is 0 Å². The van der Waals surface area contributed by atoms with Crippen molar-refractivity contribution in [3.8, 4) is 0 Å². The average molecular weight is 403 g/mol. The molecule has 1 fully saturated rings. The van der Waals surface area contributed by atoms with Crippen LogP contribution in [0.15, 0.2) is 50.1 Å². The Balaban J connectivity index is 0.000000176. The minimum Gasteiger partial charge on any atom is -0.366 e. The van der Waals surface area contributed by atoms with Crippen LogP contribution in [0.4, 0.5) is 4.79 Å². The van der Waals surface area contributed by atoms with Crippen molar-refractivity contribution in [1.82, 2.24) is 34.1 Å². The minimum atomic E-state index is -0.190. The van der Waals surface area contributed by atoms with Crippen molar-refractivity contribution >= 4 is 6.03 Å². The van der Waals surface area contributed by atoms with Crippen LogP contribution in [0, 0.1) is 0 Å². The molecule has 0 saturated carbocycles. The highest BCUT2D eigenvalue weighted by atomic mass is 16.7. The summed E-state index contributed by atoms with van der Waals surface area (Å²) in [7, 11) is 3.32. The molecule has 12 nitrogen and oxygen atoms in total. The van der Waals surface area contributed by atoms with Crippen molar-refractivity contribution < 1.29 is 23.8 Å². The summed E-state index contributed by atoms with van der Waals surface area (Å²) in [5, 5.41) is 0. The first-order valence-electron chi connectivity index (χ1n) is 8.83. The standard InChI is InChI=1S/C10H17N4O3.C7H6N4O/c1-15-10-6-17-4-3-14(10,16-2)5-9-12-7-11-8-13-9;12-7(10-3-1-8-5-10)11-4-2-9-6-11/h7-8,10H,3-6H2,1-2H3;1-6H/q+1;. The lowest BCUT2D eigenvalue weighted by molar-refractivity contribution is -1.15. The van der Waals surface area contributed by atoms with Gasteiger partial charge in [0.15, 0.2) is 12.4 Å². The number of imidazole rings is 2. The van der Waals surface area contributed by atoms with Gasteiger partial charge in [0.05, 0.1) is 13.7 Å². The van der Waals surface area contributed by atoms with Crippen molar-refractivity contribution in [3.63, 3.8) is 0 Å². The normalized spacial score (nSPS) is 21.2. The number of hydroxylamine groups is 3. The summed E-state index contributed by atoms with van der Waals surface area (Å²) in [6.07, 6.45) is 12.0. The monoisotopic (exact) mass is 403 g/mol. The van der Waals surface area contributed by atoms with Gasteiger partial charge in [0.25, 0.3) is 0 Å². The summed E-state index contributed by atoms with van der Waals surface area (Å²) >= 11 is 0. The van der Waals surface area contributed by atoms with E-state index in [4.69, 9.17) is 14.3 Å². The van der Waals surface area contributed by atoms with E-state index in [0.29, 0.717) is 36.8 Å². The van der Waals surface area contributed by atoms with Gasteiger partial charge in [-0.1, -0.05) is 0 Å². The highest BCUT2D eigenvalue weighted by Crippen LogP contribution is 2.22. The third-order valence-corrected chi connectivity index (χ3v) is 4.44. The average Bonchev–Trinajstić information content (AvgIpc) is 3.49. The Labute approximate surface area is 167 Å². The summed E-state index contributed by atoms with van der Waals surface area (Å²) in [5.41, 5.74) is 0. The molecule has 0 radical (unpaired) electrons. The van der Waals surface area contributed by atoms with E-state index in [1.165, 1.54) is 34.4 Å². The summed E-state index contributed by atoms with van der Waals surface area (Å²) in [6.45, 7) is 2.40. The number of nitrogens with zero attached hydrogens (tertiary/aromatic N) is 8. The van der Waals surface area contributed by atoms with Gasteiger partial charge >= 0.3 is 6.03 Å². The van der Waals surface area contributed by atoms with E-state index >= 15 is 0 Å². The van der Waals surface area contributed by atoms with E-state index < -0.39 is 0 Å². The number of rotatable bonds is 4. The van der Waals surface area contributed by atoms with Gasteiger partial charge in [-0.15, -0.1) is 4.65 Å². The largest absolute Gasteiger partial charge is 0.366 e. The van der Waals surface area contributed by atoms with Crippen LogP contribution in [-0.2, 0) is 20.9 Å². The number of quaternary nitrogens is 1. The van der Waals surface area contributed by atoms with E-state index in [0.717, 1.165) is 0 Å². The number of ether oxygens (including phenoxy) is 2. The molecule has 0 bridgehead atoms. The molecular weight excluding hydrogens is 380 g/mol. The van der Waals surface area contributed by atoms with E-state index in [-0.39, 0.29) is 12.3 Å². The molecule has 1 aliphatic heterocycles. The van der Waals surface area contributed by atoms with Crippen LogP contribution in [0.1, 0.15) is 5.82 Å². The zero-order valence-corrected chi connectivity index (χ0v) is 16.2. The van der Waals surface area contributed by atoms with Crippen molar-refractivity contribution in [3.05, 3.63) is 55.9 Å². The Hall–Kier alpha value is -3.06. The molecule has 12 heteroatoms. The van der Waals surface area contributed by atoms with Crippen LogP contribution in [0.3, 0.4) is 0 Å². The van der Waals surface area contributed by atoms with Gasteiger partial charge in [-0.25, -0.2) is 34.6 Å². The highest BCUT2D eigenvalue weighted by Gasteiger charge is 2.43. The van der Waals surface area contributed by atoms with E-state index in [1.54, 1.807) is 39.0 Å². The van der Waals surface area contributed by atoms with Gasteiger partial charge in [0.2, 0.25) is 6.23 Å². The molecule has 3 aromatic rings. The Morgan fingerprint density at radius 1 is 1.14 bits per heavy atom. The molecule has 0 N–H and O–H groups in total. The summed E-state index contributed by atoms with van der Waals surface area (Å²) < 4.78 is 13.9. The maximum atomic E-state index is 11.4. The van der Waals surface area contributed by atoms with Gasteiger partial charge in [0, 0.05) is 31.9 Å². The quantitative estimate of drug-likeness (QED) is 0.568. The number of carbonyl (C=O) groups excluding carboxylic acids is 1. The molecule has 154 valence electrons. The number of morpholine rings is 1. The second-order valence-corrected chi connectivity index (χ2v) is 6.06. The first-order chi connectivity index (χ1) is 14.2. The van der Waals surface area contributed by atoms with Crippen LogP contribution >= 0.6 is 0 Å². The third kappa shape index (κ3) is 5.06. The molecule has 0 aromatic carbocycles. The van der Waals surface area contributed by atoms with Gasteiger partial charge in [-0.2, -0.15) is 0 Å². The van der Waals surface area contributed by atoms with Crippen molar-refractivity contribution in [2.75, 3.05) is 34.0 Å². The van der Waals surface area contributed by atoms with E-state index in [1.807, 2.05) is 0 Å². The topological polar surface area (TPSA) is 119 Å². The second kappa shape index (κ2) is 9.93. The van der Waals surface area contributed by atoms with Crippen LogP contribution < -0.4 is 0 Å². The van der Waals surface area contributed by atoms with Gasteiger partial charge in [-0.05, 0) is 0 Å². The summed E-state index contributed by atoms with van der Waals surface area (Å²) in [6, 6.07) is -0.190. The fourth-order valence-corrected chi connectivity index (χ4v) is 2.86. The zero-order valence-electron chi connectivity index (χ0n) is 16.2. The Morgan fingerprint density at radius 3 is 2.31 bits per heavy atom. The zero-order chi connectivity index (χ0) is 20.5. The van der Waals surface area contributed by atoms with Crippen LogP contribution in [-0.4, -0.2) is 84.9 Å². The van der Waals surface area contributed by atoms with Crippen molar-refractivity contribution in [2.24, 2.45) is 0 Å². The Bertz CT molecular complexity index is 823. The summed E-state index contributed by atoms with van der Waals surface area (Å²) in [5.74, 6) is 0.686. The van der Waals surface area contributed by atoms with Crippen LogP contribution in [0.5, 0.6) is 0 Å². The molecule has 4 rings (SSSR count). The third-order valence-electron chi connectivity index (χ3n) is 4.44. The first kappa shape index (κ1) is 20.7. The Kier molecular flexibility index (Phi) is 7.08.